The lowest BCUT2D eigenvalue weighted by molar-refractivity contribution is -0.121. The Morgan fingerprint density at radius 3 is 2.30 bits per heavy atom. The summed E-state index contributed by atoms with van der Waals surface area (Å²) in [4.78, 5) is 27.5. The number of nitrogens with zero attached hydrogens (tertiary/aromatic N) is 2. The van der Waals surface area contributed by atoms with E-state index in [4.69, 9.17) is 11.6 Å². The quantitative estimate of drug-likeness (QED) is 0.849. The highest BCUT2D eigenvalue weighted by molar-refractivity contribution is 6.30. The number of halogens is 1. The molecule has 0 aliphatic carbocycles. The molecule has 6 nitrogen and oxygen atoms in total. The molecule has 1 fully saturated rings. The molecule has 126 valence electrons. The molecule has 2 rings (SSSR count). The zero-order chi connectivity index (χ0) is 16.7. The van der Waals surface area contributed by atoms with Gasteiger partial charge in [0.25, 0.3) is 0 Å². The lowest BCUT2D eigenvalue weighted by Crippen LogP contribution is -2.50. The summed E-state index contributed by atoms with van der Waals surface area (Å²) in [7, 11) is 0. The molecule has 0 bridgehead atoms. The Hall–Kier alpha value is -1.63. The summed E-state index contributed by atoms with van der Waals surface area (Å²) >= 11 is 5.89. The second-order valence-electron chi connectivity index (χ2n) is 5.59. The Bertz CT molecular complexity index is 527. The van der Waals surface area contributed by atoms with Gasteiger partial charge in [-0.1, -0.05) is 23.7 Å². The van der Waals surface area contributed by atoms with Gasteiger partial charge in [0.05, 0.1) is 6.54 Å². The van der Waals surface area contributed by atoms with Crippen LogP contribution < -0.4 is 10.6 Å². The normalized spacial score (nSPS) is 16.1. The fraction of sp³-hybridized carbons (Fsp3) is 0.500. The molecule has 0 atom stereocenters. The predicted octanol–water partition coefficient (Wildman–Crippen LogP) is 1.30. The number of imide groups is 1. The molecule has 1 saturated heterocycles. The number of amides is 3. The van der Waals surface area contributed by atoms with Gasteiger partial charge in [-0.25, -0.2) is 4.79 Å². The van der Waals surface area contributed by atoms with E-state index in [0.29, 0.717) is 6.54 Å². The Kier molecular flexibility index (Phi) is 6.83. The molecule has 1 heterocycles. The van der Waals surface area contributed by atoms with Crippen molar-refractivity contribution < 1.29 is 9.59 Å². The van der Waals surface area contributed by atoms with Gasteiger partial charge in [0.2, 0.25) is 5.91 Å². The average molecular weight is 339 g/mol. The van der Waals surface area contributed by atoms with Gasteiger partial charge in [-0.2, -0.15) is 0 Å². The van der Waals surface area contributed by atoms with Crippen molar-refractivity contribution in [3.8, 4) is 0 Å². The summed E-state index contributed by atoms with van der Waals surface area (Å²) in [5.41, 5.74) is 1.23. The fourth-order valence-electron chi connectivity index (χ4n) is 2.53. The minimum Gasteiger partial charge on any atom is -0.338 e. The van der Waals surface area contributed by atoms with Crippen LogP contribution in [0.1, 0.15) is 12.5 Å². The van der Waals surface area contributed by atoms with E-state index >= 15 is 0 Å². The number of piperazine rings is 1. The van der Waals surface area contributed by atoms with Crippen LogP contribution in [0.25, 0.3) is 0 Å². The van der Waals surface area contributed by atoms with Crippen LogP contribution in [0, 0.1) is 0 Å². The highest BCUT2D eigenvalue weighted by Crippen LogP contribution is 2.12. The van der Waals surface area contributed by atoms with Gasteiger partial charge in [0.1, 0.15) is 0 Å². The summed E-state index contributed by atoms with van der Waals surface area (Å²) in [5.74, 6) is -0.262. The molecule has 1 aliphatic heterocycles. The Labute approximate surface area is 141 Å². The first-order chi connectivity index (χ1) is 11.1. The van der Waals surface area contributed by atoms with Gasteiger partial charge in [0, 0.05) is 44.3 Å². The van der Waals surface area contributed by atoms with Gasteiger partial charge in [0.15, 0.2) is 0 Å². The number of benzene rings is 1. The Morgan fingerprint density at radius 2 is 1.70 bits per heavy atom. The lowest BCUT2D eigenvalue weighted by Gasteiger charge is -2.34. The maximum Gasteiger partial charge on any atom is 0.321 e. The summed E-state index contributed by atoms with van der Waals surface area (Å²) in [6.07, 6.45) is 0. The van der Waals surface area contributed by atoms with Crippen LogP contribution in [0.4, 0.5) is 4.79 Å². The Balaban J connectivity index is 1.70. The number of hydrogen-bond donors (Lipinski definition) is 2. The van der Waals surface area contributed by atoms with Gasteiger partial charge >= 0.3 is 6.03 Å². The van der Waals surface area contributed by atoms with Crippen molar-refractivity contribution in [2.75, 3.05) is 39.3 Å². The standard InChI is InChI=1S/C16H23ClN4O2/c1-2-18-16(23)19-15(22)12-21-9-7-20(8-10-21)11-13-3-5-14(17)6-4-13/h3-6H,2,7-12H2,1H3,(H2,18,19,22,23). The van der Waals surface area contributed by atoms with E-state index in [1.165, 1.54) is 5.56 Å². The van der Waals surface area contributed by atoms with E-state index in [2.05, 4.69) is 20.4 Å². The highest BCUT2D eigenvalue weighted by atomic mass is 35.5. The molecule has 0 radical (unpaired) electrons. The van der Waals surface area contributed by atoms with Crippen molar-refractivity contribution in [2.24, 2.45) is 0 Å². The van der Waals surface area contributed by atoms with Crippen molar-refractivity contribution in [1.82, 2.24) is 20.4 Å². The van der Waals surface area contributed by atoms with Crippen molar-refractivity contribution in [3.05, 3.63) is 34.9 Å². The summed E-state index contributed by atoms with van der Waals surface area (Å²) in [6.45, 7) is 6.88. The minimum absolute atomic E-state index is 0.256. The van der Waals surface area contributed by atoms with Gasteiger partial charge in [-0.3, -0.25) is 19.9 Å². The lowest BCUT2D eigenvalue weighted by atomic mass is 10.2. The topological polar surface area (TPSA) is 64.7 Å². The minimum atomic E-state index is -0.432. The molecule has 0 saturated carbocycles. The molecule has 1 aromatic rings. The molecular formula is C16H23ClN4O2. The van der Waals surface area contributed by atoms with E-state index in [0.717, 1.165) is 37.7 Å². The molecule has 0 unspecified atom stereocenters. The van der Waals surface area contributed by atoms with Gasteiger partial charge in [-0.15, -0.1) is 0 Å². The third kappa shape index (κ3) is 6.17. The van der Waals surface area contributed by atoms with Crippen LogP contribution in [0.3, 0.4) is 0 Å². The molecule has 0 spiro atoms. The first-order valence-electron chi connectivity index (χ1n) is 7.83. The second-order valence-corrected chi connectivity index (χ2v) is 6.02. The maximum atomic E-state index is 11.8. The summed E-state index contributed by atoms with van der Waals surface area (Å²) in [6, 6.07) is 7.44. The molecule has 1 aliphatic rings. The first-order valence-corrected chi connectivity index (χ1v) is 8.21. The van der Waals surface area contributed by atoms with E-state index in [1.54, 1.807) is 0 Å². The molecule has 7 heteroatoms. The fourth-order valence-corrected chi connectivity index (χ4v) is 2.65. The van der Waals surface area contributed by atoms with Gasteiger partial charge < -0.3 is 5.32 Å². The van der Waals surface area contributed by atoms with E-state index < -0.39 is 6.03 Å². The number of rotatable bonds is 5. The van der Waals surface area contributed by atoms with Crippen LogP contribution in [0.15, 0.2) is 24.3 Å². The number of carbonyl (C=O) groups is 2. The average Bonchev–Trinajstić information content (AvgIpc) is 2.51. The van der Waals surface area contributed by atoms with Crippen molar-refractivity contribution >= 4 is 23.5 Å². The number of urea groups is 1. The van der Waals surface area contributed by atoms with Crippen molar-refractivity contribution in [2.45, 2.75) is 13.5 Å². The molecule has 3 amide bonds. The molecule has 1 aromatic carbocycles. The smallest absolute Gasteiger partial charge is 0.321 e. The summed E-state index contributed by atoms with van der Waals surface area (Å²) < 4.78 is 0. The third-order valence-corrected chi connectivity index (χ3v) is 3.99. The van der Waals surface area contributed by atoms with Crippen LogP contribution in [0.5, 0.6) is 0 Å². The maximum absolute atomic E-state index is 11.8. The van der Waals surface area contributed by atoms with E-state index in [9.17, 15) is 9.59 Å². The molecule has 2 N–H and O–H groups in total. The highest BCUT2D eigenvalue weighted by Gasteiger charge is 2.19. The molecular weight excluding hydrogens is 316 g/mol. The summed E-state index contributed by atoms with van der Waals surface area (Å²) in [5, 5.41) is 5.62. The van der Waals surface area contributed by atoms with Crippen molar-refractivity contribution in [3.63, 3.8) is 0 Å². The predicted molar refractivity (Wildman–Crippen MR) is 90.4 cm³/mol. The zero-order valence-corrected chi connectivity index (χ0v) is 14.1. The number of nitrogens with one attached hydrogen (secondary N) is 2. The van der Waals surface area contributed by atoms with Crippen LogP contribution >= 0.6 is 11.6 Å². The van der Waals surface area contributed by atoms with E-state index in [-0.39, 0.29) is 12.5 Å². The number of hydrogen-bond acceptors (Lipinski definition) is 4. The molecule has 0 aromatic heterocycles. The second kappa shape index (κ2) is 8.86. The van der Waals surface area contributed by atoms with Gasteiger partial charge in [-0.05, 0) is 24.6 Å². The Morgan fingerprint density at radius 1 is 1.09 bits per heavy atom. The van der Waals surface area contributed by atoms with Crippen molar-refractivity contribution in [1.29, 1.82) is 0 Å². The monoisotopic (exact) mass is 338 g/mol. The number of carbonyl (C=O) groups excluding carboxylic acids is 2. The molecule has 23 heavy (non-hydrogen) atoms. The first kappa shape index (κ1) is 17.7. The largest absolute Gasteiger partial charge is 0.338 e. The zero-order valence-electron chi connectivity index (χ0n) is 13.3. The van der Waals surface area contributed by atoms with Crippen LogP contribution in [-0.4, -0.2) is 61.0 Å². The van der Waals surface area contributed by atoms with Crippen LogP contribution in [0.2, 0.25) is 5.02 Å². The van der Waals surface area contributed by atoms with Crippen LogP contribution in [-0.2, 0) is 11.3 Å². The third-order valence-electron chi connectivity index (χ3n) is 3.74. The van der Waals surface area contributed by atoms with E-state index in [1.807, 2.05) is 31.2 Å². The SMILES string of the molecule is CCNC(=O)NC(=O)CN1CCN(Cc2ccc(Cl)cc2)CC1.